The quantitative estimate of drug-likeness (QED) is 0.848. The molecular weight excluding hydrogens is 236 g/mol. The third kappa shape index (κ3) is 4.48. The van der Waals surface area contributed by atoms with E-state index in [1.807, 2.05) is 12.3 Å². The number of nitrogens with zero attached hydrogens (tertiary/aromatic N) is 3. The van der Waals surface area contributed by atoms with E-state index in [1.54, 1.807) is 0 Å². The molecule has 4 nitrogen and oxygen atoms in total. The minimum Gasteiger partial charge on any atom is -0.354 e. The Bertz CT molecular complexity index is 346. The van der Waals surface area contributed by atoms with Crippen LogP contribution in [0.1, 0.15) is 26.2 Å². The number of piperazine rings is 1. The van der Waals surface area contributed by atoms with Gasteiger partial charge < -0.3 is 10.6 Å². The van der Waals surface area contributed by atoms with E-state index in [4.69, 9.17) is 5.73 Å². The molecule has 1 unspecified atom stereocenters. The minimum absolute atomic E-state index is 0.335. The highest BCUT2D eigenvalue weighted by molar-refractivity contribution is 5.38. The van der Waals surface area contributed by atoms with E-state index >= 15 is 0 Å². The molecule has 1 atom stereocenters. The zero-order valence-electron chi connectivity index (χ0n) is 12.0. The molecule has 0 aromatic carbocycles. The summed E-state index contributed by atoms with van der Waals surface area (Å²) in [4.78, 5) is 9.25. The van der Waals surface area contributed by atoms with Crippen molar-refractivity contribution in [2.24, 2.45) is 5.73 Å². The first-order chi connectivity index (χ1) is 9.29. The average Bonchev–Trinajstić information content (AvgIpc) is 2.47. The monoisotopic (exact) mass is 262 g/mol. The summed E-state index contributed by atoms with van der Waals surface area (Å²) in [5.74, 6) is 1.09. The highest BCUT2D eigenvalue weighted by Crippen LogP contribution is 2.12. The molecule has 1 aliphatic heterocycles. The Hall–Kier alpha value is -1.13. The van der Waals surface area contributed by atoms with Gasteiger partial charge in [0.1, 0.15) is 5.82 Å². The van der Waals surface area contributed by atoms with Gasteiger partial charge in [-0.25, -0.2) is 4.98 Å². The molecule has 2 heterocycles. The normalized spacial score (nSPS) is 18.5. The van der Waals surface area contributed by atoms with Crippen molar-refractivity contribution in [3.8, 4) is 0 Å². The van der Waals surface area contributed by atoms with Crippen molar-refractivity contribution in [1.82, 2.24) is 9.88 Å². The Labute approximate surface area is 116 Å². The van der Waals surface area contributed by atoms with Crippen LogP contribution in [0.4, 0.5) is 5.82 Å². The van der Waals surface area contributed by atoms with E-state index in [9.17, 15) is 0 Å². The predicted octanol–water partition coefficient (Wildman–Crippen LogP) is 1.72. The zero-order valence-corrected chi connectivity index (χ0v) is 12.0. The molecule has 2 N–H and O–H groups in total. The fraction of sp³-hybridized carbons (Fsp3) is 0.667. The summed E-state index contributed by atoms with van der Waals surface area (Å²) in [5, 5.41) is 0. The Morgan fingerprint density at radius 3 is 2.68 bits per heavy atom. The van der Waals surface area contributed by atoms with Gasteiger partial charge in [0.05, 0.1) is 0 Å². The first-order valence-corrected chi connectivity index (χ1v) is 7.43. The number of hydrogen-bond acceptors (Lipinski definition) is 4. The number of aromatic nitrogens is 1. The molecular formula is C15H26N4. The second-order valence-corrected chi connectivity index (χ2v) is 5.38. The third-order valence-electron chi connectivity index (χ3n) is 3.77. The number of pyridine rings is 1. The maximum absolute atomic E-state index is 6.17. The molecule has 19 heavy (non-hydrogen) atoms. The number of nitrogens with two attached hydrogens (primary N) is 1. The molecule has 1 aliphatic rings. The molecule has 0 amide bonds. The van der Waals surface area contributed by atoms with Gasteiger partial charge in [-0.3, -0.25) is 4.90 Å². The molecule has 0 spiro atoms. The van der Waals surface area contributed by atoms with E-state index in [0.717, 1.165) is 45.0 Å². The maximum atomic E-state index is 6.17. The lowest BCUT2D eigenvalue weighted by atomic mass is 10.1. The van der Waals surface area contributed by atoms with Gasteiger partial charge in [-0.15, -0.1) is 0 Å². The molecule has 1 saturated heterocycles. The molecule has 0 radical (unpaired) electrons. The lowest BCUT2D eigenvalue weighted by molar-refractivity contribution is 0.237. The van der Waals surface area contributed by atoms with Crippen molar-refractivity contribution in [2.75, 3.05) is 37.6 Å². The van der Waals surface area contributed by atoms with Gasteiger partial charge >= 0.3 is 0 Å². The molecule has 1 aromatic rings. The highest BCUT2D eigenvalue weighted by atomic mass is 15.3. The zero-order chi connectivity index (χ0) is 13.5. The number of hydrogen-bond donors (Lipinski definition) is 1. The van der Waals surface area contributed by atoms with Crippen molar-refractivity contribution in [2.45, 2.75) is 32.2 Å². The first-order valence-electron chi connectivity index (χ1n) is 7.43. The van der Waals surface area contributed by atoms with Crippen molar-refractivity contribution < 1.29 is 0 Å². The summed E-state index contributed by atoms with van der Waals surface area (Å²) in [5.41, 5.74) is 6.17. The Morgan fingerprint density at radius 1 is 1.26 bits per heavy atom. The van der Waals surface area contributed by atoms with Crippen LogP contribution in [0.15, 0.2) is 24.4 Å². The average molecular weight is 262 g/mol. The van der Waals surface area contributed by atoms with Gasteiger partial charge in [-0.2, -0.15) is 0 Å². The summed E-state index contributed by atoms with van der Waals surface area (Å²) >= 11 is 0. The molecule has 4 heteroatoms. The van der Waals surface area contributed by atoms with E-state index in [1.165, 1.54) is 12.8 Å². The molecule has 1 fully saturated rings. The fourth-order valence-electron chi connectivity index (χ4n) is 2.59. The molecule has 0 saturated carbocycles. The van der Waals surface area contributed by atoms with E-state index in [-0.39, 0.29) is 0 Å². The van der Waals surface area contributed by atoms with Crippen LogP contribution in [-0.2, 0) is 0 Å². The topological polar surface area (TPSA) is 45.4 Å². The van der Waals surface area contributed by atoms with Gasteiger partial charge in [0.25, 0.3) is 0 Å². The van der Waals surface area contributed by atoms with Crippen LogP contribution >= 0.6 is 0 Å². The summed E-state index contributed by atoms with van der Waals surface area (Å²) in [7, 11) is 0. The Balaban J connectivity index is 1.73. The molecule has 106 valence electrons. The smallest absolute Gasteiger partial charge is 0.128 e. The Morgan fingerprint density at radius 2 is 2.05 bits per heavy atom. The van der Waals surface area contributed by atoms with Crippen LogP contribution in [-0.4, -0.2) is 48.6 Å². The van der Waals surface area contributed by atoms with Gasteiger partial charge in [-0.1, -0.05) is 25.8 Å². The number of rotatable bonds is 6. The standard InChI is InChI=1S/C15H26N4/c1-2-3-6-14(16)13-18-9-11-19(12-10-18)15-7-4-5-8-17-15/h4-5,7-8,14H,2-3,6,9-13,16H2,1H3. The first kappa shape index (κ1) is 14.3. The second-order valence-electron chi connectivity index (χ2n) is 5.38. The summed E-state index contributed by atoms with van der Waals surface area (Å²) in [6.07, 6.45) is 5.50. The largest absolute Gasteiger partial charge is 0.354 e. The predicted molar refractivity (Wildman–Crippen MR) is 80.4 cm³/mol. The van der Waals surface area contributed by atoms with Crippen LogP contribution < -0.4 is 10.6 Å². The fourth-order valence-corrected chi connectivity index (χ4v) is 2.59. The van der Waals surface area contributed by atoms with Crippen molar-refractivity contribution in [3.05, 3.63) is 24.4 Å². The van der Waals surface area contributed by atoms with Crippen LogP contribution in [0.5, 0.6) is 0 Å². The van der Waals surface area contributed by atoms with E-state index in [2.05, 4.69) is 33.8 Å². The summed E-state index contributed by atoms with van der Waals surface area (Å²) < 4.78 is 0. The number of unbranched alkanes of at least 4 members (excludes halogenated alkanes) is 1. The molecule has 2 rings (SSSR count). The van der Waals surface area contributed by atoms with Gasteiger partial charge in [0.2, 0.25) is 0 Å². The second kappa shape index (κ2) is 7.46. The summed E-state index contributed by atoms with van der Waals surface area (Å²) in [6, 6.07) is 6.44. The SMILES string of the molecule is CCCCC(N)CN1CCN(c2ccccn2)CC1. The van der Waals surface area contributed by atoms with Crippen LogP contribution in [0.3, 0.4) is 0 Å². The van der Waals surface area contributed by atoms with E-state index in [0.29, 0.717) is 6.04 Å². The van der Waals surface area contributed by atoms with E-state index < -0.39 is 0 Å². The summed E-state index contributed by atoms with van der Waals surface area (Å²) in [6.45, 7) is 7.55. The van der Waals surface area contributed by atoms with Crippen LogP contribution in [0.2, 0.25) is 0 Å². The highest BCUT2D eigenvalue weighted by Gasteiger charge is 2.19. The molecule has 0 bridgehead atoms. The van der Waals surface area contributed by atoms with Gasteiger partial charge in [-0.05, 0) is 18.6 Å². The molecule has 1 aromatic heterocycles. The number of anilines is 1. The maximum Gasteiger partial charge on any atom is 0.128 e. The lowest BCUT2D eigenvalue weighted by Crippen LogP contribution is -2.50. The van der Waals surface area contributed by atoms with Crippen molar-refractivity contribution in [1.29, 1.82) is 0 Å². The van der Waals surface area contributed by atoms with Gasteiger partial charge in [0, 0.05) is 45.0 Å². The van der Waals surface area contributed by atoms with Crippen LogP contribution in [0.25, 0.3) is 0 Å². The lowest BCUT2D eigenvalue weighted by Gasteiger charge is -2.36. The van der Waals surface area contributed by atoms with Crippen LogP contribution in [0, 0.1) is 0 Å². The minimum atomic E-state index is 0.335. The third-order valence-corrected chi connectivity index (χ3v) is 3.77. The van der Waals surface area contributed by atoms with Crippen molar-refractivity contribution >= 4 is 5.82 Å². The van der Waals surface area contributed by atoms with Crippen molar-refractivity contribution in [3.63, 3.8) is 0 Å². The van der Waals surface area contributed by atoms with Gasteiger partial charge in [0.15, 0.2) is 0 Å². The Kier molecular flexibility index (Phi) is 5.61. The molecule has 0 aliphatic carbocycles.